The van der Waals surface area contributed by atoms with E-state index in [1.807, 2.05) is 0 Å². The first-order chi connectivity index (χ1) is 8.79. The monoisotopic (exact) mass is 257 g/mol. The minimum Gasteiger partial charge on any atom is -0.378 e. The fourth-order valence-corrected chi connectivity index (χ4v) is 2.87. The van der Waals surface area contributed by atoms with Crippen LogP contribution >= 0.6 is 0 Å². The molecule has 3 N–H and O–H groups in total. The third-order valence-corrected chi connectivity index (χ3v) is 4.02. The summed E-state index contributed by atoms with van der Waals surface area (Å²) < 4.78 is 11.4. The van der Waals surface area contributed by atoms with Crippen molar-refractivity contribution in [1.82, 2.24) is 10.3 Å². The van der Waals surface area contributed by atoms with Crippen molar-refractivity contribution in [2.75, 3.05) is 33.4 Å². The molecular weight excluding hydrogens is 230 g/mol. The molecule has 0 radical (unpaired) electrons. The number of likely N-dealkylation sites (N-methyl/N-ethyl adjacent to an activating group) is 1. The average Bonchev–Trinajstić information content (AvgIpc) is 2.88. The van der Waals surface area contributed by atoms with Gasteiger partial charge < -0.3 is 14.4 Å². The highest BCUT2D eigenvalue weighted by Gasteiger charge is 2.26. The van der Waals surface area contributed by atoms with E-state index in [-0.39, 0.29) is 12.1 Å². The highest BCUT2D eigenvalue weighted by Crippen LogP contribution is 2.19. The largest absolute Gasteiger partial charge is 0.378 e. The molecule has 2 fully saturated rings. The number of nitrogens with one attached hydrogen (secondary N) is 1. The van der Waals surface area contributed by atoms with Crippen LogP contribution in [0.2, 0.25) is 0 Å². The number of hydrazine groups is 1. The first-order valence-corrected chi connectivity index (χ1v) is 7.17. The maximum absolute atomic E-state index is 5.81. The summed E-state index contributed by atoms with van der Waals surface area (Å²) >= 11 is 0. The van der Waals surface area contributed by atoms with E-state index in [0.29, 0.717) is 6.10 Å². The van der Waals surface area contributed by atoms with Crippen LogP contribution in [0.5, 0.6) is 0 Å². The summed E-state index contributed by atoms with van der Waals surface area (Å²) in [5.74, 6) is 5.66. The molecule has 0 bridgehead atoms. The normalized spacial score (nSPS) is 31.7. The number of morpholine rings is 1. The van der Waals surface area contributed by atoms with E-state index in [1.165, 1.54) is 12.8 Å². The second-order valence-electron chi connectivity index (χ2n) is 5.51. The first-order valence-electron chi connectivity index (χ1n) is 7.17. The first kappa shape index (κ1) is 14.2. The molecule has 0 aromatic rings. The Morgan fingerprint density at radius 2 is 2.28 bits per heavy atom. The van der Waals surface area contributed by atoms with Gasteiger partial charge in [-0.15, -0.1) is 0 Å². The van der Waals surface area contributed by atoms with Crippen molar-refractivity contribution >= 4 is 0 Å². The Bertz CT molecular complexity index is 234. The van der Waals surface area contributed by atoms with E-state index >= 15 is 0 Å². The minimum atomic E-state index is 0.221. The molecule has 0 aromatic heterocycles. The fraction of sp³-hybridized carbons (Fsp3) is 1.00. The van der Waals surface area contributed by atoms with Crippen molar-refractivity contribution in [1.29, 1.82) is 0 Å². The molecule has 0 saturated carbocycles. The lowest BCUT2D eigenvalue weighted by atomic mass is 10.0. The SMILES string of the molecule is CN1CCOC(C(CCCC2CCCO2)NN)C1. The van der Waals surface area contributed by atoms with Crippen molar-refractivity contribution in [3.63, 3.8) is 0 Å². The standard InChI is InChI=1S/C13H27N3O2/c1-16-7-9-18-13(10-16)12(15-14)6-2-4-11-5-3-8-17-11/h11-13,15H,2-10,14H2,1H3. The average molecular weight is 257 g/mol. The number of nitrogens with zero attached hydrogens (tertiary/aromatic N) is 1. The van der Waals surface area contributed by atoms with Gasteiger partial charge in [-0.3, -0.25) is 11.3 Å². The molecule has 0 amide bonds. The van der Waals surface area contributed by atoms with Gasteiger partial charge in [0.25, 0.3) is 0 Å². The molecular formula is C13H27N3O2. The zero-order valence-corrected chi connectivity index (χ0v) is 11.4. The summed E-state index contributed by atoms with van der Waals surface area (Å²) in [6, 6.07) is 0.258. The van der Waals surface area contributed by atoms with E-state index in [9.17, 15) is 0 Å². The quantitative estimate of drug-likeness (QED) is 0.536. The molecule has 2 rings (SSSR count). The van der Waals surface area contributed by atoms with Crippen LogP contribution < -0.4 is 11.3 Å². The summed E-state index contributed by atoms with van der Waals surface area (Å²) in [5.41, 5.74) is 2.93. The maximum atomic E-state index is 5.81. The summed E-state index contributed by atoms with van der Waals surface area (Å²) in [4.78, 5) is 2.30. The topological polar surface area (TPSA) is 59.8 Å². The second-order valence-corrected chi connectivity index (χ2v) is 5.51. The molecule has 5 heteroatoms. The minimum absolute atomic E-state index is 0.221. The van der Waals surface area contributed by atoms with Gasteiger partial charge in [0.15, 0.2) is 0 Å². The third-order valence-electron chi connectivity index (χ3n) is 4.02. The van der Waals surface area contributed by atoms with Crippen LogP contribution in [-0.4, -0.2) is 56.5 Å². The molecule has 2 heterocycles. The van der Waals surface area contributed by atoms with Gasteiger partial charge in [-0.2, -0.15) is 0 Å². The molecule has 0 spiro atoms. The lowest BCUT2D eigenvalue weighted by molar-refractivity contribution is -0.0407. The summed E-state index contributed by atoms with van der Waals surface area (Å²) in [5, 5.41) is 0. The molecule has 18 heavy (non-hydrogen) atoms. The van der Waals surface area contributed by atoms with Crippen molar-refractivity contribution in [3.05, 3.63) is 0 Å². The number of ether oxygens (including phenoxy) is 2. The molecule has 0 aliphatic carbocycles. The highest BCUT2D eigenvalue weighted by molar-refractivity contribution is 4.81. The van der Waals surface area contributed by atoms with Crippen LogP contribution in [0.1, 0.15) is 32.1 Å². The zero-order chi connectivity index (χ0) is 12.8. The van der Waals surface area contributed by atoms with Crippen molar-refractivity contribution in [2.45, 2.75) is 50.4 Å². The van der Waals surface area contributed by atoms with Crippen LogP contribution in [0, 0.1) is 0 Å². The number of rotatable bonds is 6. The molecule has 3 atom stereocenters. The van der Waals surface area contributed by atoms with Crippen LogP contribution in [0.3, 0.4) is 0 Å². The van der Waals surface area contributed by atoms with Gasteiger partial charge in [0.05, 0.1) is 18.8 Å². The molecule has 2 aliphatic rings. The predicted molar refractivity (Wildman–Crippen MR) is 71.2 cm³/mol. The Morgan fingerprint density at radius 3 is 2.94 bits per heavy atom. The molecule has 2 saturated heterocycles. The van der Waals surface area contributed by atoms with Crippen molar-refractivity contribution in [3.8, 4) is 0 Å². The van der Waals surface area contributed by atoms with E-state index in [4.69, 9.17) is 15.3 Å². The number of hydrogen-bond acceptors (Lipinski definition) is 5. The van der Waals surface area contributed by atoms with Gasteiger partial charge in [-0.05, 0) is 39.2 Å². The summed E-state index contributed by atoms with van der Waals surface area (Å²) in [6.07, 6.45) is 6.53. The van der Waals surface area contributed by atoms with Gasteiger partial charge in [0.1, 0.15) is 0 Å². The van der Waals surface area contributed by atoms with E-state index in [2.05, 4.69) is 17.4 Å². The predicted octanol–water partition coefficient (Wildman–Crippen LogP) is 0.498. The Kier molecular flexibility index (Phi) is 5.85. The lowest BCUT2D eigenvalue weighted by Gasteiger charge is -2.35. The molecule has 0 aromatic carbocycles. The van der Waals surface area contributed by atoms with E-state index in [1.54, 1.807) is 0 Å². The van der Waals surface area contributed by atoms with Crippen LogP contribution in [0.4, 0.5) is 0 Å². The molecule has 3 unspecified atom stereocenters. The zero-order valence-electron chi connectivity index (χ0n) is 11.4. The molecule has 2 aliphatic heterocycles. The Balaban J connectivity index is 1.67. The maximum Gasteiger partial charge on any atom is 0.0868 e. The Morgan fingerprint density at radius 1 is 1.39 bits per heavy atom. The van der Waals surface area contributed by atoms with Gasteiger partial charge in [-0.25, -0.2) is 0 Å². The lowest BCUT2D eigenvalue weighted by Crippen LogP contribution is -2.53. The molecule has 106 valence electrons. The Hall–Kier alpha value is -0.200. The fourth-order valence-electron chi connectivity index (χ4n) is 2.87. The highest BCUT2D eigenvalue weighted by atomic mass is 16.5. The van der Waals surface area contributed by atoms with Gasteiger partial charge in [0.2, 0.25) is 0 Å². The van der Waals surface area contributed by atoms with Gasteiger partial charge in [-0.1, -0.05) is 0 Å². The van der Waals surface area contributed by atoms with Crippen molar-refractivity contribution < 1.29 is 9.47 Å². The van der Waals surface area contributed by atoms with Gasteiger partial charge >= 0.3 is 0 Å². The smallest absolute Gasteiger partial charge is 0.0868 e. The molecule has 5 nitrogen and oxygen atoms in total. The third kappa shape index (κ3) is 4.17. The summed E-state index contributed by atoms with van der Waals surface area (Å²) in [7, 11) is 2.13. The van der Waals surface area contributed by atoms with Gasteiger partial charge in [0, 0.05) is 25.7 Å². The van der Waals surface area contributed by atoms with Crippen LogP contribution in [0.25, 0.3) is 0 Å². The Labute approximate surface area is 110 Å². The van der Waals surface area contributed by atoms with Crippen LogP contribution in [0.15, 0.2) is 0 Å². The van der Waals surface area contributed by atoms with Crippen molar-refractivity contribution in [2.24, 2.45) is 5.84 Å². The van der Waals surface area contributed by atoms with E-state index in [0.717, 1.165) is 45.6 Å². The number of hydrogen-bond donors (Lipinski definition) is 2. The van der Waals surface area contributed by atoms with E-state index < -0.39 is 0 Å². The second kappa shape index (κ2) is 7.40. The summed E-state index contributed by atoms with van der Waals surface area (Å²) in [6.45, 7) is 3.74. The number of nitrogens with two attached hydrogens (primary N) is 1. The van der Waals surface area contributed by atoms with Crippen LogP contribution in [-0.2, 0) is 9.47 Å².